The predicted molar refractivity (Wildman–Crippen MR) is 115 cm³/mol. The zero-order valence-corrected chi connectivity index (χ0v) is 18.0. The Hall–Kier alpha value is -2.22. The Kier molecular flexibility index (Phi) is 6.83. The Bertz CT molecular complexity index is 974. The second kappa shape index (κ2) is 9.32. The van der Waals surface area contributed by atoms with Crippen LogP contribution in [0.4, 0.5) is 5.69 Å². The second-order valence-electron chi connectivity index (χ2n) is 5.88. The van der Waals surface area contributed by atoms with Crippen LogP contribution in [-0.2, 0) is 5.75 Å². The lowest BCUT2D eigenvalue weighted by molar-refractivity contribution is 0.102. The Labute approximate surface area is 177 Å². The van der Waals surface area contributed by atoms with Gasteiger partial charge in [0, 0.05) is 34.5 Å². The highest BCUT2D eigenvalue weighted by atomic mass is 35.5. The lowest BCUT2D eigenvalue weighted by atomic mass is 10.1. The van der Waals surface area contributed by atoms with Gasteiger partial charge in [-0.05, 0) is 24.6 Å². The number of carbonyl (C=O) groups is 1. The highest BCUT2D eigenvalue weighted by Gasteiger charge is 2.14. The van der Waals surface area contributed by atoms with Gasteiger partial charge in [-0.25, -0.2) is 4.98 Å². The average Bonchev–Trinajstić information content (AvgIpc) is 3.12. The van der Waals surface area contributed by atoms with Gasteiger partial charge in [-0.2, -0.15) is 0 Å². The van der Waals surface area contributed by atoms with E-state index in [0.717, 1.165) is 21.3 Å². The van der Waals surface area contributed by atoms with Crippen LogP contribution < -0.4 is 14.8 Å². The number of aryl methyl sites for hydroxylation is 1. The number of aromatic nitrogens is 1. The zero-order valence-electron chi connectivity index (χ0n) is 15.6. The normalized spacial score (nSPS) is 10.6. The Morgan fingerprint density at radius 2 is 1.89 bits per heavy atom. The molecule has 0 aliphatic heterocycles. The van der Waals surface area contributed by atoms with Crippen LogP contribution >= 0.6 is 34.7 Å². The number of rotatable bonds is 7. The fraction of sp³-hybridized carbons (Fsp3) is 0.200. The molecule has 1 amide bonds. The van der Waals surface area contributed by atoms with Gasteiger partial charge < -0.3 is 14.8 Å². The van der Waals surface area contributed by atoms with E-state index in [2.05, 4.69) is 10.3 Å². The van der Waals surface area contributed by atoms with E-state index in [4.69, 9.17) is 21.1 Å². The molecule has 0 unspecified atom stereocenters. The van der Waals surface area contributed by atoms with E-state index >= 15 is 0 Å². The molecule has 0 bridgehead atoms. The van der Waals surface area contributed by atoms with Crippen LogP contribution in [0.3, 0.4) is 0 Å². The predicted octanol–water partition coefficient (Wildman–Crippen LogP) is 5.67. The summed E-state index contributed by atoms with van der Waals surface area (Å²) in [7, 11) is 3.03. The van der Waals surface area contributed by atoms with E-state index < -0.39 is 0 Å². The molecule has 0 atom stereocenters. The zero-order chi connectivity index (χ0) is 20.1. The number of benzene rings is 2. The number of amides is 1. The molecule has 0 aliphatic carbocycles. The first kappa shape index (κ1) is 20.5. The standard InChI is InChI=1S/C20H19ClN2O3S2/c1-12-10-27-20(22-12)28-11-13-4-6-14(7-5-13)19(24)23-16-9-17(25-2)15(21)8-18(16)26-3/h4-10H,11H2,1-3H3,(H,23,24). The molecule has 0 radical (unpaired) electrons. The summed E-state index contributed by atoms with van der Waals surface area (Å²) < 4.78 is 11.5. The summed E-state index contributed by atoms with van der Waals surface area (Å²) in [6, 6.07) is 10.7. The van der Waals surface area contributed by atoms with Crippen LogP contribution in [0.25, 0.3) is 0 Å². The third-order valence-corrected chi connectivity index (χ3v) is 6.40. The Balaban J connectivity index is 1.68. The van der Waals surface area contributed by atoms with E-state index in [-0.39, 0.29) is 5.91 Å². The minimum Gasteiger partial charge on any atom is -0.495 e. The summed E-state index contributed by atoms with van der Waals surface area (Å²) in [6.07, 6.45) is 0. The van der Waals surface area contributed by atoms with Gasteiger partial charge in [-0.1, -0.05) is 35.5 Å². The Morgan fingerprint density at radius 1 is 1.18 bits per heavy atom. The fourth-order valence-corrected chi connectivity index (χ4v) is 4.48. The van der Waals surface area contributed by atoms with Crippen LogP contribution in [0.2, 0.25) is 5.02 Å². The van der Waals surface area contributed by atoms with Gasteiger partial charge in [0.25, 0.3) is 5.91 Å². The molecule has 0 spiro atoms. The molecule has 146 valence electrons. The second-order valence-corrected chi connectivity index (χ2v) is 8.37. The first-order valence-electron chi connectivity index (χ1n) is 8.37. The number of thiazole rings is 1. The summed E-state index contributed by atoms with van der Waals surface area (Å²) in [5.41, 5.74) is 3.20. The van der Waals surface area contributed by atoms with Crippen molar-refractivity contribution in [1.29, 1.82) is 0 Å². The van der Waals surface area contributed by atoms with E-state index in [1.807, 2.05) is 24.4 Å². The smallest absolute Gasteiger partial charge is 0.255 e. The SMILES string of the molecule is COc1cc(NC(=O)c2ccc(CSc3nc(C)cs3)cc2)c(OC)cc1Cl. The van der Waals surface area contributed by atoms with Crippen molar-refractivity contribution in [3.05, 3.63) is 63.6 Å². The number of methoxy groups -OCH3 is 2. The van der Waals surface area contributed by atoms with Gasteiger partial charge in [0.2, 0.25) is 0 Å². The van der Waals surface area contributed by atoms with Crippen molar-refractivity contribution in [2.24, 2.45) is 0 Å². The van der Waals surface area contributed by atoms with Crippen LogP contribution in [-0.4, -0.2) is 25.1 Å². The summed E-state index contributed by atoms with van der Waals surface area (Å²) in [5.74, 6) is 1.49. The van der Waals surface area contributed by atoms with Gasteiger partial charge in [0.05, 0.1) is 24.9 Å². The molecule has 3 aromatic rings. The number of hydrogen-bond donors (Lipinski definition) is 1. The fourth-order valence-electron chi connectivity index (χ4n) is 2.45. The first-order chi connectivity index (χ1) is 13.5. The van der Waals surface area contributed by atoms with Gasteiger partial charge in [0.15, 0.2) is 0 Å². The van der Waals surface area contributed by atoms with E-state index in [9.17, 15) is 4.79 Å². The topological polar surface area (TPSA) is 60.5 Å². The molecule has 1 aromatic heterocycles. The maximum atomic E-state index is 12.6. The number of anilines is 1. The van der Waals surface area contributed by atoms with Crippen molar-refractivity contribution in [3.8, 4) is 11.5 Å². The summed E-state index contributed by atoms with van der Waals surface area (Å²) >= 11 is 9.43. The summed E-state index contributed by atoms with van der Waals surface area (Å²) in [6.45, 7) is 1.99. The number of hydrogen-bond acceptors (Lipinski definition) is 6. The van der Waals surface area contributed by atoms with Crippen LogP contribution in [0.1, 0.15) is 21.6 Å². The summed E-state index contributed by atoms with van der Waals surface area (Å²) in [5, 5.41) is 5.29. The average molecular weight is 435 g/mol. The van der Waals surface area contributed by atoms with Crippen molar-refractivity contribution in [3.63, 3.8) is 0 Å². The lowest BCUT2D eigenvalue weighted by Gasteiger charge is -2.13. The molecule has 8 heteroatoms. The Morgan fingerprint density at radius 3 is 2.50 bits per heavy atom. The number of thioether (sulfide) groups is 1. The monoisotopic (exact) mass is 434 g/mol. The molecule has 1 N–H and O–H groups in total. The van der Waals surface area contributed by atoms with Gasteiger partial charge >= 0.3 is 0 Å². The van der Waals surface area contributed by atoms with Crippen molar-refractivity contribution < 1.29 is 14.3 Å². The van der Waals surface area contributed by atoms with Crippen molar-refractivity contribution in [1.82, 2.24) is 4.98 Å². The number of carbonyl (C=O) groups excluding carboxylic acids is 1. The number of halogens is 1. The van der Waals surface area contributed by atoms with Crippen molar-refractivity contribution >= 4 is 46.3 Å². The molecule has 0 aliphatic rings. The molecule has 0 saturated carbocycles. The molecule has 2 aromatic carbocycles. The van der Waals surface area contributed by atoms with E-state index in [1.54, 1.807) is 47.4 Å². The summed E-state index contributed by atoms with van der Waals surface area (Å²) in [4.78, 5) is 17.0. The quantitative estimate of drug-likeness (QED) is 0.485. The molecule has 28 heavy (non-hydrogen) atoms. The highest BCUT2D eigenvalue weighted by Crippen LogP contribution is 2.36. The molecule has 0 fully saturated rings. The van der Waals surface area contributed by atoms with Crippen LogP contribution in [0.5, 0.6) is 11.5 Å². The number of ether oxygens (including phenoxy) is 2. The minimum atomic E-state index is -0.238. The van der Waals surface area contributed by atoms with Crippen molar-refractivity contribution in [2.75, 3.05) is 19.5 Å². The third kappa shape index (κ3) is 4.98. The van der Waals surface area contributed by atoms with E-state index in [1.165, 1.54) is 14.2 Å². The maximum absolute atomic E-state index is 12.6. The van der Waals surface area contributed by atoms with Crippen molar-refractivity contribution in [2.45, 2.75) is 17.0 Å². The third-order valence-electron chi connectivity index (χ3n) is 3.90. The molecular weight excluding hydrogens is 416 g/mol. The van der Waals surface area contributed by atoms with Gasteiger partial charge in [-0.15, -0.1) is 11.3 Å². The maximum Gasteiger partial charge on any atom is 0.255 e. The highest BCUT2D eigenvalue weighted by molar-refractivity contribution is 8.00. The van der Waals surface area contributed by atoms with Gasteiger partial charge in [0.1, 0.15) is 15.8 Å². The van der Waals surface area contributed by atoms with Crippen LogP contribution in [0.15, 0.2) is 46.1 Å². The number of nitrogens with one attached hydrogen (secondary N) is 1. The largest absolute Gasteiger partial charge is 0.495 e. The minimum absolute atomic E-state index is 0.238. The molecule has 1 heterocycles. The molecular formula is C20H19ClN2O3S2. The molecule has 3 rings (SSSR count). The van der Waals surface area contributed by atoms with E-state index in [0.29, 0.717) is 27.8 Å². The molecule has 0 saturated heterocycles. The van der Waals surface area contributed by atoms with Gasteiger partial charge in [-0.3, -0.25) is 4.79 Å². The number of nitrogens with zero attached hydrogens (tertiary/aromatic N) is 1. The first-order valence-corrected chi connectivity index (χ1v) is 10.6. The molecule has 5 nitrogen and oxygen atoms in total. The van der Waals surface area contributed by atoms with Crippen LogP contribution in [0, 0.1) is 6.92 Å². The lowest BCUT2D eigenvalue weighted by Crippen LogP contribution is -2.12.